The number of rotatable bonds is 1. The number of hydrogen-bond acceptors (Lipinski definition) is 2. The van der Waals surface area contributed by atoms with E-state index < -0.39 is 0 Å². The highest BCUT2D eigenvalue weighted by Gasteiger charge is 2.11. The van der Waals surface area contributed by atoms with Crippen molar-refractivity contribution in [2.75, 3.05) is 31.2 Å². The number of anilines is 1. The van der Waals surface area contributed by atoms with Gasteiger partial charge in [-0.25, -0.2) is 4.39 Å². The lowest BCUT2D eigenvalue weighted by Crippen LogP contribution is -2.36. The van der Waals surface area contributed by atoms with Gasteiger partial charge in [0.1, 0.15) is 5.82 Å². The molecule has 3 heteroatoms. The van der Waals surface area contributed by atoms with E-state index in [9.17, 15) is 4.39 Å². The number of morpholine rings is 1. The minimum Gasteiger partial charge on any atom is -0.378 e. The SMILES string of the molecule is Fc1[c]c(N2CCOCC2)ccc1. The molecule has 0 unspecified atom stereocenters. The third-order valence-corrected chi connectivity index (χ3v) is 2.10. The van der Waals surface area contributed by atoms with Crippen LogP contribution in [-0.4, -0.2) is 26.3 Å². The fraction of sp³-hybridized carbons (Fsp3) is 0.400. The van der Waals surface area contributed by atoms with Gasteiger partial charge in [0.15, 0.2) is 0 Å². The molecule has 69 valence electrons. The summed E-state index contributed by atoms with van der Waals surface area (Å²) in [5, 5.41) is 0. The Balaban J connectivity index is 2.14. The van der Waals surface area contributed by atoms with Crippen molar-refractivity contribution in [3.8, 4) is 0 Å². The summed E-state index contributed by atoms with van der Waals surface area (Å²) in [6.07, 6.45) is 0. The molecular formula is C10H11FNO. The van der Waals surface area contributed by atoms with Gasteiger partial charge >= 0.3 is 0 Å². The third-order valence-electron chi connectivity index (χ3n) is 2.10. The summed E-state index contributed by atoms with van der Waals surface area (Å²) in [7, 11) is 0. The van der Waals surface area contributed by atoms with Gasteiger partial charge in [-0.1, -0.05) is 6.07 Å². The Morgan fingerprint density at radius 2 is 2.08 bits per heavy atom. The molecule has 0 spiro atoms. The first-order chi connectivity index (χ1) is 6.36. The van der Waals surface area contributed by atoms with Crippen LogP contribution in [0.15, 0.2) is 18.2 Å². The van der Waals surface area contributed by atoms with Crippen LogP contribution in [0.3, 0.4) is 0 Å². The average Bonchev–Trinajstić information content (AvgIpc) is 2.19. The normalized spacial score (nSPS) is 17.5. The van der Waals surface area contributed by atoms with E-state index in [0.717, 1.165) is 18.8 Å². The Bertz CT molecular complexity index is 284. The summed E-state index contributed by atoms with van der Waals surface area (Å²) in [5.74, 6) is -0.302. The molecule has 13 heavy (non-hydrogen) atoms. The first-order valence-corrected chi connectivity index (χ1v) is 4.37. The van der Waals surface area contributed by atoms with Gasteiger partial charge in [-0.15, -0.1) is 0 Å². The summed E-state index contributed by atoms with van der Waals surface area (Å²) in [4.78, 5) is 2.08. The predicted molar refractivity (Wildman–Crippen MR) is 48.3 cm³/mol. The highest BCUT2D eigenvalue weighted by Crippen LogP contribution is 2.15. The van der Waals surface area contributed by atoms with Gasteiger partial charge in [-0.05, 0) is 12.1 Å². The average molecular weight is 180 g/mol. The largest absolute Gasteiger partial charge is 0.378 e. The fourth-order valence-electron chi connectivity index (χ4n) is 1.42. The molecule has 1 aromatic rings. The van der Waals surface area contributed by atoms with Gasteiger partial charge in [0.25, 0.3) is 0 Å². The van der Waals surface area contributed by atoms with Crippen LogP contribution in [0.25, 0.3) is 0 Å². The second-order valence-electron chi connectivity index (χ2n) is 2.98. The molecule has 0 saturated carbocycles. The molecule has 0 aliphatic carbocycles. The van der Waals surface area contributed by atoms with Crippen molar-refractivity contribution >= 4 is 5.69 Å². The van der Waals surface area contributed by atoms with Gasteiger partial charge < -0.3 is 9.64 Å². The molecule has 1 saturated heterocycles. The molecule has 0 aromatic heterocycles. The van der Waals surface area contributed by atoms with Crippen LogP contribution >= 0.6 is 0 Å². The number of benzene rings is 1. The van der Waals surface area contributed by atoms with Crippen LogP contribution in [0.5, 0.6) is 0 Å². The van der Waals surface area contributed by atoms with E-state index in [-0.39, 0.29) is 5.82 Å². The lowest BCUT2D eigenvalue weighted by molar-refractivity contribution is 0.122. The molecule has 0 N–H and O–H groups in total. The summed E-state index contributed by atoms with van der Waals surface area (Å²) in [6.45, 7) is 3.06. The van der Waals surface area contributed by atoms with Crippen molar-refractivity contribution in [3.63, 3.8) is 0 Å². The minimum atomic E-state index is -0.302. The van der Waals surface area contributed by atoms with Crippen LogP contribution < -0.4 is 4.90 Å². The van der Waals surface area contributed by atoms with Gasteiger partial charge in [0.2, 0.25) is 0 Å². The fourth-order valence-corrected chi connectivity index (χ4v) is 1.42. The van der Waals surface area contributed by atoms with E-state index >= 15 is 0 Å². The molecule has 1 aromatic carbocycles. The molecule has 1 radical (unpaired) electrons. The second-order valence-corrected chi connectivity index (χ2v) is 2.98. The zero-order chi connectivity index (χ0) is 9.10. The van der Waals surface area contributed by atoms with Gasteiger partial charge in [0, 0.05) is 24.8 Å². The van der Waals surface area contributed by atoms with Crippen LogP contribution in [0.2, 0.25) is 0 Å². The van der Waals surface area contributed by atoms with E-state index in [0.29, 0.717) is 13.2 Å². The molecule has 0 atom stereocenters. The Hall–Kier alpha value is -1.09. The van der Waals surface area contributed by atoms with Crippen LogP contribution in [0, 0.1) is 11.9 Å². The minimum absolute atomic E-state index is 0.302. The van der Waals surface area contributed by atoms with Gasteiger partial charge in [-0.2, -0.15) is 0 Å². The van der Waals surface area contributed by atoms with E-state index in [1.165, 1.54) is 6.07 Å². The lowest BCUT2D eigenvalue weighted by atomic mass is 10.2. The maximum absolute atomic E-state index is 12.8. The molecule has 2 rings (SSSR count). The monoisotopic (exact) mass is 180 g/mol. The standard InChI is InChI=1S/C10H11FNO/c11-9-2-1-3-10(8-9)12-4-6-13-7-5-12/h1-3H,4-7H2. The van der Waals surface area contributed by atoms with Crippen molar-refractivity contribution in [2.24, 2.45) is 0 Å². The maximum atomic E-state index is 12.8. The molecule has 1 aliphatic heterocycles. The van der Waals surface area contributed by atoms with Crippen LogP contribution in [0.1, 0.15) is 0 Å². The van der Waals surface area contributed by atoms with E-state index in [4.69, 9.17) is 4.74 Å². The molecule has 2 nitrogen and oxygen atoms in total. The molecule has 1 aliphatic rings. The molecule has 1 fully saturated rings. The Morgan fingerprint density at radius 3 is 2.77 bits per heavy atom. The Labute approximate surface area is 76.9 Å². The second kappa shape index (κ2) is 3.75. The maximum Gasteiger partial charge on any atom is 0.133 e. The zero-order valence-electron chi connectivity index (χ0n) is 7.29. The molecular weight excluding hydrogens is 169 g/mol. The van der Waals surface area contributed by atoms with Crippen molar-refractivity contribution < 1.29 is 9.13 Å². The van der Waals surface area contributed by atoms with Crippen molar-refractivity contribution in [2.45, 2.75) is 0 Å². The van der Waals surface area contributed by atoms with E-state index in [1.54, 1.807) is 6.07 Å². The Morgan fingerprint density at radius 1 is 1.31 bits per heavy atom. The quantitative estimate of drug-likeness (QED) is 0.648. The van der Waals surface area contributed by atoms with Crippen molar-refractivity contribution in [3.05, 3.63) is 30.1 Å². The van der Waals surface area contributed by atoms with E-state index in [1.807, 2.05) is 6.07 Å². The van der Waals surface area contributed by atoms with Crippen LogP contribution in [-0.2, 0) is 4.74 Å². The number of ether oxygens (including phenoxy) is 1. The summed E-state index contributed by atoms with van der Waals surface area (Å²) in [5.41, 5.74) is 0.822. The predicted octanol–water partition coefficient (Wildman–Crippen LogP) is 1.46. The van der Waals surface area contributed by atoms with Gasteiger partial charge in [0.05, 0.1) is 13.2 Å². The smallest absolute Gasteiger partial charge is 0.133 e. The van der Waals surface area contributed by atoms with Crippen molar-refractivity contribution in [1.82, 2.24) is 0 Å². The Kier molecular flexibility index (Phi) is 2.45. The molecule has 1 heterocycles. The first kappa shape index (κ1) is 8.51. The summed E-state index contributed by atoms with van der Waals surface area (Å²) >= 11 is 0. The van der Waals surface area contributed by atoms with Crippen LogP contribution in [0.4, 0.5) is 10.1 Å². The number of hydrogen-bond donors (Lipinski definition) is 0. The number of halogens is 1. The van der Waals surface area contributed by atoms with Crippen molar-refractivity contribution in [1.29, 1.82) is 0 Å². The third kappa shape index (κ3) is 1.98. The highest BCUT2D eigenvalue weighted by atomic mass is 19.1. The van der Waals surface area contributed by atoms with Gasteiger partial charge in [-0.3, -0.25) is 0 Å². The highest BCUT2D eigenvalue weighted by molar-refractivity contribution is 5.45. The summed E-state index contributed by atoms with van der Waals surface area (Å²) in [6, 6.07) is 7.66. The summed E-state index contributed by atoms with van der Waals surface area (Å²) < 4.78 is 18.0. The molecule has 0 bridgehead atoms. The zero-order valence-corrected chi connectivity index (χ0v) is 7.29. The lowest BCUT2D eigenvalue weighted by Gasteiger charge is -2.28. The number of nitrogens with zero attached hydrogens (tertiary/aromatic N) is 1. The first-order valence-electron chi connectivity index (χ1n) is 4.37. The molecule has 0 amide bonds. The van der Waals surface area contributed by atoms with E-state index in [2.05, 4.69) is 11.0 Å². The topological polar surface area (TPSA) is 12.5 Å².